The predicted molar refractivity (Wildman–Crippen MR) is 91.2 cm³/mol. The number of hydrogen-bond acceptors (Lipinski definition) is 7. The monoisotopic (exact) mass is 398 g/mol. The molecule has 3 aromatic rings. The number of anilines is 1. The fourth-order valence-electron chi connectivity index (χ4n) is 2.07. The number of aryl methyl sites for hydroxylation is 1. The van der Waals surface area contributed by atoms with Gasteiger partial charge in [0.05, 0.1) is 5.75 Å². The van der Waals surface area contributed by atoms with Gasteiger partial charge in [-0.1, -0.05) is 46.7 Å². The number of hydrogen-bond donors (Lipinski definition) is 2. The van der Waals surface area contributed by atoms with Crippen LogP contribution in [0.3, 0.4) is 0 Å². The Morgan fingerprint density at radius 2 is 2.00 bits per heavy atom. The highest BCUT2D eigenvalue weighted by molar-refractivity contribution is 7.99. The lowest BCUT2D eigenvalue weighted by atomic mass is 10.1. The molecular weight excluding hydrogens is 385 g/mol. The lowest BCUT2D eigenvalue weighted by Crippen LogP contribution is -2.21. The molecule has 0 aliphatic rings. The molecule has 0 bridgehead atoms. The Morgan fingerprint density at radius 3 is 2.63 bits per heavy atom. The van der Waals surface area contributed by atoms with Gasteiger partial charge < -0.3 is 10.4 Å². The second kappa shape index (κ2) is 7.31. The van der Waals surface area contributed by atoms with Crippen LogP contribution in [0.2, 0.25) is 0 Å². The smallest absolute Gasteiger partial charge is 0.338 e. The van der Waals surface area contributed by atoms with Crippen LogP contribution in [0.4, 0.5) is 19.1 Å². The number of alkyl halides is 3. The third-order valence-corrected chi connectivity index (χ3v) is 4.31. The molecule has 1 aromatic carbocycles. The molecule has 0 spiro atoms. The van der Waals surface area contributed by atoms with Gasteiger partial charge in [0.1, 0.15) is 5.69 Å². The summed E-state index contributed by atoms with van der Waals surface area (Å²) in [5.74, 6) is 3.30. The third kappa shape index (κ3) is 4.39. The van der Waals surface area contributed by atoms with Crippen LogP contribution >= 0.6 is 11.8 Å². The summed E-state index contributed by atoms with van der Waals surface area (Å²) >= 11 is 0.706. The number of rotatable bonds is 5. The number of nitrogens with one attached hydrogen (secondary N) is 1. The molecule has 3 N–H and O–H groups in total. The van der Waals surface area contributed by atoms with E-state index in [1.54, 1.807) is 6.07 Å². The molecule has 12 heteroatoms. The first-order chi connectivity index (χ1) is 12.7. The van der Waals surface area contributed by atoms with Crippen LogP contribution in [0.1, 0.15) is 11.4 Å². The van der Waals surface area contributed by atoms with Gasteiger partial charge in [0.15, 0.2) is 0 Å². The number of nitrogens with zero attached hydrogens (tertiary/aromatic N) is 4. The minimum atomic E-state index is -4.73. The zero-order valence-electron chi connectivity index (χ0n) is 13.8. The number of carbonyl (C=O) groups is 1. The van der Waals surface area contributed by atoms with E-state index in [1.165, 1.54) is 0 Å². The summed E-state index contributed by atoms with van der Waals surface area (Å²) in [5.41, 5.74) is 2.44. The normalized spacial score (nSPS) is 11.6. The lowest BCUT2D eigenvalue weighted by Gasteiger charge is -2.05. The van der Waals surface area contributed by atoms with Gasteiger partial charge in [0.25, 0.3) is 5.82 Å². The van der Waals surface area contributed by atoms with Crippen molar-refractivity contribution < 1.29 is 22.5 Å². The van der Waals surface area contributed by atoms with Gasteiger partial charge in [-0.3, -0.25) is 10.1 Å². The van der Waals surface area contributed by atoms with Crippen LogP contribution in [-0.2, 0) is 11.0 Å². The first-order valence-electron chi connectivity index (χ1n) is 7.48. The summed E-state index contributed by atoms with van der Waals surface area (Å²) in [6, 6.07) is 9.09. The molecular formula is C15H13F3N6O2S. The summed E-state index contributed by atoms with van der Waals surface area (Å²) in [6.45, 7) is 1.95. The van der Waals surface area contributed by atoms with Crippen molar-refractivity contribution in [3.8, 4) is 11.3 Å². The van der Waals surface area contributed by atoms with Gasteiger partial charge in [-0.2, -0.15) is 13.2 Å². The van der Waals surface area contributed by atoms with Crippen molar-refractivity contribution in [2.75, 3.05) is 16.9 Å². The minimum absolute atomic E-state index is 0.112. The van der Waals surface area contributed by atoms with Crippen molar-refractivity contribution in [1.82, 2.24) is 20.0 Å². The molecule has 0 atom stereocenters. The van der Waals surface area contributed by atoms with Crippen LogP contribution in [0.5, 0.6) is 0 Å². The Balaban J connectivity index is 1.59. The highest BCUT2D eigenvalue weighted by Crippen LogP contribution is 2.29. The summed E-state index contributed by atoms with van der Waals surface area (Å²) in [5, 5.41) is 12.4. The van der Waals surface area contributed by atoms with E-state index in [1.807, 2.05) is 31.2 Å². The van der Waals surface area contributed by atoms with Crippen molar-refractivity contribution in [3.63, 3.8) is 0 Å². The predicted octanol–water partition coefficient (Wildman–Crippen LogP) is 2.70. The number of nitrogens with two attached hydrogens (primary N) is 1. The van der Waals surface area contributed by atoms with Crippen LogP contribution < -0.4 is 11.2 Å². The molecule has 0 aliphatic carbocycles. The highest BCUT2D eigenvalue weighted by atomic mass is 32.2. The Morgan fingerprint density at radius 1 is 1.30 bits per heavy atom. The maximum absolute atomic E-state index is 12.6. The van der Waals surface area contributed by atoms with Crippen molar-refractivity contribution in [3.05, 3.63) is 41.7 Å². The molecule has 0 unspecified atom stereocenters. The van der Waals surface area contributed by atoms with Crippen LogP contribution in [0, 0.1) is 6.92 Å². The molecule has 27 heavy (non-hydrogen) atoms. The van der Waals surface area contributed by atoms with Gasteiger partial charge in [0, 0.05) is 11.6 Å². The van der Waals surface area contributed by atoms with E-state index in [0.717, 1.165) is 11.1 Å². The quantitative estimate of drug-likeness (QED) is 0.502. The Labute approximate surface area is 154 Å². The van der Waals surface area contributed by atoms with Gasteiger partial charge >= 0.3 is 6.18 Å². The Hall–Kier alpha value is -3.02. The fourth-order valence-corrected chi connectivity index (χ4v) is 2.72. The van der Waals surface area contributed by atoms with Crippen LogP contribution in [0.15, 0.2) is 40.0 Å². The lowest BCUT2D eigenvalue weighted by molar-refractivity contribution is -0.146. The molecule has 8 nitrogen and oxygen atoms in total. The maximum Gasteiger partial charge on any atom is 0.453 e. The number of aromatic nitrogens is 4. The van der Waals surface area contributed by atoms with E-state index in [-0.39, 0.29) is 16.8 Å². The summed E-state index contributed by atoms with van der Waals surface area (Å²) in [4.78, 5) is 12.0. The SMILES string of the molecule is Cc1ccc(-c2cc(NC(=O)CSc3nnc(C(F)(F)F)n3N)on2)cc1. The van der Waals surface area contributed by atoms with Gasteiger partial charge in [-0.15, -0.1) is 10.2 Å². The van der Waals surface area contributed by atoms with Gasteiger partial charge in [-0.05, 0) is 6.92 Å². The summed E-state index contributed by atoms with van der Waals surface area (Å²) in [7, 11) is 0. The average molecular weight is 398 g/mol. The highest BCUT2D eigenvalue weighted by Gasteiger charge is 2.38. The van der Waals surface area contributed by atoms with Crippen molar-refractivity contribution in [1.29, 1.82) is 0 Å². The average Bonchev–Trinajstić information content (AvgIpc) is 3.20. The largest absolute Gasteiger partial charge is 0.453 e. The van der Waals surface area contributed by atoms with E-state index >= 15 is 0 Å². The van der Waals surface area contributed by atoms with E-state index < -0.39 is 17.9 Å². The topological polar surface area (TPSA) is 112 Å². The second-order valence-electron chi connectivity index (χ2n) is 5.45. The maximum atomic E-state index is 12.6. The van der Waals surface area contributed by atoms with E-state index in [2.05, 4.69) is 20.7 Å². The molecule has 0 radical (unpaired) electrons. The van der Waals surface area contributed by atoms with E-state index in [0.29, 0.717) is 22.1 Å². The Bertz CT molecular complexity index is 951. The molecule has 0 saturated heterocycles. The minimum Gasteiger partial charge on any atom is -0.338 e. The molecule has 2 heterocycles. The number of thioether (sulfide) groups is 1. The summed E-state index contributed by atoms with van der Waals surface area (Å²) in [6.07, 6.45) is -4.73. The molecule has 142 valence electrons. The van der Waals surface area contributed by atoms with E-state index in [9.17, 15) is 18.0 Å². The van der Waals surface area contributed by atoms with Crippen LogP contribution in [0.25, 0.3) is 11.3 Å². The van der Waals surface area contributed by atoms with Gasteiger partial charge in [-0.25, -0.2) is 4.68 Å². The number of nitrogen functional groups attached to an aromatic ring is 1. The van der Waals surface area contributed by atoms with Crippen molar-refractivity contribution in [2.45, 2.75) is 18.3 Å². The van der Waals surface area contributed by atoms with Crippen molar-refractivity contribution >= 4 is 23.6 Å². The number of amides is 1. The molecule has 2 aromatic heterocycles. The van der Waals surface area contributed by atoms with Gasteiger partial charge in [0.2, 0.25) is 16.9 Å². The first kappa shape index (κ1) is 18.8. The number of carbonyl (C=O) groups excluding carboxylic acids is 1. The molecule has 0 saturated carbocycles. The zero-order valence-corrected chi connectivity index (χ0v) is 14.6. The first-order valence-corrected chi connectivity index (χ1v) is 8.46. The number of halogens is 3. The second-order valence-corrected chi connectivity index (χ2v) is 6.40. The molecule has 3 rings (SSSR count). The van der Waals surface area contributed by atoms with E-state index in [4.69, 9.17) is 10.4 Å². The third-order valence-electron chi connectivity index (χ3n) is 3.37. The molecule has 0 fully saturated rings. The molecule has 0 aliphatic heterocycles. The fraction of sp³-hybridized carbons (Fsp3) is 0.200. The standard InChI is InChI=1S/C15H13F3N6O2S/c1-8-2-4-9(5-3-8)10-6-12(26-23-10)20-11(25)7-27-14-22-21-13(24(14)19)15(16,17)18/h2-6H,7,19H2,1H3,(H,20,25). The number of benzene rings is 1. The molecule has 1 amide bonds. The van der Waals surface area contributed by atoms with Crippen LogP contribution in [-0.4, -0.2) is 31.7 Å². The Kier molecular flexibility index (Phi) is 5.08. The summed E-state index contributed by atoms with van der Waals surface area (Å²) < 4.78 is 43.1. The zero-order chi connectivity index (χ0) is 19.6. The van der Waals surface area contributed by atoms with Crippen molar-refractivity contribution in [2.24, 2.45) is 0 Å².